The minimum absolute atomic E-state index is 0.442. The summed E-state index contributed by atoms with van der Waals surface area (Å²) >= 11 is 0. The summed E-state index contributed by atoms with van der Waals surface area (Å²) in [5.41, 5.74) is 0.442. The van der Waals surface area contributed by atoms with Crippen LogP contribution >= 0.6 is 0 Å². The minimum Gasteiger partial charge on any atom is -0.496 e. The smallest absolute Gasteiger partial charge is 0.109 e. The van der Waals surface area contributed by atoms with E-state index in [1.54, 1.807) is 0 Å². The molecule has 0 aromatic heterocycles. The molecule has 0 amide bonds. The van der Waals surface area contributed by atoms with Crippen LogP contribution in [0.1, 0.15) is 52.9 Å². The number of rotatable bonds is 4. The van der Waals surface area contributed by atoms with Crippen LogP contribution in [0.5, 0.6) is 0 Å². The van der Waals surface area contributed by atoms with Gasteiger partial charge in [-0.25, -0.2) is 0 Å². The van der Waals surface area contributed by atoms with Crippen molar-refractivity contribution in [2.75, 3.05) is 13.2 Å². The summed E-state index contributed by atoms with van der Waals surface area (Å²) in [5.74, 6) is 1.94. The molecular formula is C15H27NO. The van der Waals surface area contributed by atoms with Crippen molar-refractivity contribution < 1.29 is 4.74 Å². The van der Waals surface area contributed by atoms with E-state index in [2.05, 4.69) is 32.2 Å². The van der Waals surface area contributed by atoms with Gasteiger partial charge in [0.15, 0.2) is 0 Å². The zero-order valence-electron chi connectivity index (χ0n) is 11.6. The number of hydrogen-bond donors (Lipinski definition) is 1. The molecule has 0 radical (unpaired) electrons. The van der Waals surface area contributed by atoms with Crippen LogP contribution in [0.25, 0.3) is 0 Å². The van der Waals surface area contributed by atoms with E-state index in [0.29, 0.717) is 11.5 Å². The van der Waals surface area contributed by atoms with Gasteiger partial charge < -0.3 is 10.1 Å². The van der Waals surface area contributed by atoms with Crippen LogP contribution in [0.2, 0.25) is 0 Å². The quantitative estimate of drug-likeness (QED) is 0.808. The Morgan fingerprint density at radius 1 is 1.47 bits per heavy atom. The molecule has 1 saturated carbocycles. The first kappa shape index (κ1) is 12.9. The first-order chi connectivity index (χ1) is 8.15. The average Bonchev–Trinajstić information content (AvgIpc) is 2.79. The summed E-state index contributed by atoms with van der Waals surface area (Å²) in [4.78, 5) is 0. The predicted octanol–water partition coefficient (Wildman–Crippen LogP) is 3.49. The molecule has 2 nitrogen and oxygen atoms in total. The fourth-order valence-electron chi connectivity index (χ4n) is 3.45. The van der Waals surface area contributed by atoms with Crippen LogP contribution in [0.4, 0.5) is 0 Å². The summed E-state index contributed by atoms with van der Waals surface area (Å²) in [6.45, 7) is 8.95. The van der Waals surface area contributed by atoms with Crippen molar-refractivity contribution in [3.05, 3.63) is 11.8 Å². The van der Waals surface area contributed by atoms with Gasteiger partial charge in [0, 0.05) is 6.42 Å². The summed E-state index contributed by atoms with van der Waals surface area (Å²) < 4.78 is 5.81. The normalized spacial score (nSPS) is 29.6. The van der Waals surface area contributed by atoms with Gasteiger partial charge in [0.2, 0.25) is 0 Å². The van der Waals surface area contributed by atoms with Crippen molar-refractivity contribution in [2.45, 2.75) is 58.9 Å². The number of nitrogens with one attached hydrogen (secondary N) is 1. The Labute approximate surface area is 106 Å². The molecule has 0 saturated heterocycles. The molecule has 0 aromatic rings. The zero-order chi connectivity index (χ0) is 12.3. The number of hydrogen-bond acceptors (Lipinski definition) is 2. The molecule has 2 unspecified atom stereocenters. The maximum atomic E-state index is 5.81. The highest BCUT2D eigenvalue weighted by atomic mass is 16.5. The van der Waals surface area contributed by atoms with E-state index in [-0.39, 0.29) is 0 Å². The Balaban J connectivity index is 2.13. The van der Waals surface area contributed by atoms with Gasteiger partial charge in [-0.2, -0.15) is 0 Å². The third-order valence-electron chi connectivity index (χ3n) is 4.46. The molecule has 0 spiro atoms. The fourth-order valence-corrected chi connectivity index (χ4v) is 3.45. The van der Waals surface area contributed by atoms with E-state index in [4.69, 9.17) is 4.74 Å². The van der Waals surface area contributed by atoms with Crippen molar-refractivity contribution in [3.63, 3.8) is 0 Å². The maximum Gasteiger partial charge on any atom is 0.109 e. The van der Waals surface area contributed by atoms with Gasteiger partial charge in [-0.3, -0.25) is 0 Å². The molecule has 0 bridgehead atoms. The predicted molar refractivity (Wildman–Crippen MR) is 71.9 cm³/mol. The molecule has 1 N–H and O–H groups in total. The molecule has 1 aliphatic heterocycles. The average molecular weight is 237 g/mol. The molecule has 17 heavy (non-hydrogen) atoms. The van der Waals surface area contributed by atoms with Gasteiger partial charge in [0.25, 0.3) is 0 Å². The molecule has 1 aliphatic carbocycles. The monoisotopic (exact) mass is 237 g/mol. The third kappa shape index (κ3) is 2.85. The fraction of sp³-hybridized carbons (Fsp3) is 0.867. The van der Waals surface area contributed by atoms with Crippen LogP contribution < -0.4 is 5.32 Å². The third-order valence-corrected chi connectivity index (χ3v) is 4.46. The second-order valence-corrected chi connectivity index (χ2v) is 6.12. The van der Waals surface area contributed by atoms with Crippen LogP contribution in [0, 0.1) is 11.3 Å². The number of likely N-dealkylation sites (N-methyl/N-ethyl adjacent to an activating group) is 1. The Hall–Kier alpha value is -0.500. The van der Waals surface area contributed by atoms with E-state index < -0.39 is 0 Å². The molecule has 1 fully saturated rings. The van der Waals surface area contributed by atoms with Gasteiger partial charge in [0.1, 0.15) is 5.76 Å². The number of ether oxygens (including phenoxy) is 1. The lowest BCUT2D eigenvalue weighted by Gasteiger charge is -2.43. The van der Waals surface area contributed by atoms with Crippen molar-refractivity contribution >= 4 is 0 Å². The van der Waals surface area contributed by atoms with E-state index in [9.17, 15) is 0 Å². The van der Waals surface area contributed by atoms with Gasteiger partial charge in [-0.05, 0) is 36.8 Å². The molecule has 2 aliphatic rings. The Morgan fingerprint density at radius 2 is 2.29 bits per heavy atom. The minimum atomic E-state index is 0.442. The lowest BCUT2D eigenvalue weighted by atomic mass is 9.65. The highest BCUT2D eigenvalue weighted by Crippen LogP contribution is 2.44. The first-order valence-electron chi connectivity index (χ1n) is 7.21. The molecule has 0 aromatic carbocycles. The van der Waals surface area contributed by atoms with Crippen molar-refractivity contribution in [3.8, 4) is 0 Å². The molecule has 2 rings (SSSR count). The van der Waals surface area contributed by atoms with E-state index >= 15 is 0 Å². The summed E-state index contributed by atoms with van der Waals surface area (Å²) in [6.07, 6.45) is 8.84. The molecular weight excluding hydrogens is 210 g/mol. The van der Waals surface area contributed by atoms with E-state index in [0.717, 1.165) is 25.5 Å². The molecule has 98 valence electrons. The second kappa shape index (κ2) is 5.43. The van der Waals surface area contributed by atoms with Gasteiger partial charge in [0.05, 0.1) is 12.6 Å². The second-order valence-electron chi connectivity index (χ2n) is 6.12. The van der Waals surface area contributed by atoms with Crippen LogP contribution in [0.15, 0.2) is 11.8 Å². The van der Waals surface area contributed by atoms with Gasteiger partial charge in [-0.15, -0.1) is 0 Å². The molecule has 1 heterocycles. The van der Waals surface area contributed by atoms with Gasteiger partial charge in [-0.1, -0.05) is 33.6 Å². The van der Waals surface area contributed by atoms with Crippen molar-refractivity contribution in [2.24, 2.45) is 11.3 Å². The summed E-state index contributed by atoms with van der Waals surface area (Å²) in [6, 6.07) is 0.442. The molecule has 2 heteroatoms. The Morgan fingerprint density at radius 3 is 2.88 bits per heavy atom. The standard InChI is InChI=1S/C15H27NO/c1-4-16-14(13-9-7-11-17-13)12-8-5-6-10-15(12,2)3/h9,12,14,16H,4-8,10-11H2,1-3H3. The maximum absolute atomic E-state index is 5.81. The lowest BCUT2D eigenvalue weighted by molar-refractivity contribution is 0.0836. The van der Waals surface area contributed by atoms with Crippen molar-refractivity contribution in [1.29, 1.82) is 0 Å². The first-order valence-corrected chi connectivity index (χ1v) is 7.21. The topological polar surface area (TPSA) is 21.3 Å². The SMILES string of the molecule is CCNC(C1=CCCO1)C1CCCCC1(C)C. The highest BCUT2D eigenvalue weighted by molar-refractivity contribution is 5.11. The largest absolute Gasteiger partial charge is 0.496 e. The summed E-state index contributed by atoms with van der Waals surface area (Å²) in [5, 5.41) is 3.66. The summed E-state index contributed by atoms with van der Waals surface area (Å²) in [7, 11) is 0. The zero-order valence-corrected chi connectivity index (χ0v) is 11.6. The van der Waals surface area contributed by atoms with Crippen LogP contribution in [-0.4, -0.2) is 19.2 Å². The molecule has 2 atom stereocenters. The van der Waals surface area contributed by atoms with E-state index in [1.165, 1.54) is 31.4 Å². The Kier molecular flexibility index (Phi) is 4.13. The van der Waals surface area contributed by atoms with E-state index in [1.807, 2.05) is 0 Å². The van der Waals surface area contributed by atoms with Crippen LogP contribution in [-0.2, 0) is 4.74 Å². The van der Waals surface area contributed by atoms with Crippen molar-refractivity contribution in [1.82, 2.24) is 5.32 Å². The highest BCUT2D eigenvalue weighted by Gasteiger charge is 2.39. The van der Waals surface area contributed by atoms with Gasteiger partial charge >= 0.3 is 0 Å². The lowest BCUT2D eigenvalue weighted by Crippen LogP contribution is -2.46. The Bertz CT molecular complexity index is 283. The van der Waals surface area contributed by atoms with Crippen LogP contribution in [0.3, 0.4) is 0 Å².